The van der Waals surface area contributed by atoms with Gasteiger partial charge in [-0.3, -0.25) is 0 Å². The molecule has 0 radical (unpaired) electrons. The summed E-state index contributed by atoms with van der Waals surface area (Å²) in [7, 11) is -0.149. The number of benzene rings is 1. The van der Waals surface area contributed by atoms with Crippen LogP contribution in [0, 0.1) is 0 Å². The first-order chi connectivity index (χ1) is 9.50. The van der Waals surface area contributed by atoms with Gasteiger partial charge in [0.1, 0.15) is 10.6 Å². The Morgan fingerprint density at radius 3 is 2.70 bits per heavy atom. The van der Waals surface area contributed by atoms with Gasteiger partial charge in [0.25, 0.3) is 0 Å². The van der Waals surface area contributed by atoms with E-state index in [4.69, 9.17) is 10.5 Å². The topological polar surface area (TPSA) is 75.9 Å². The van der Waals surface area contributed by atoms with E-state index in [2.05, 4.69) is 4.90 Å². The number of hydrogen-bond donors (Lipinski definition) is 1. The average molecular weight is 299 g/mol. The highest BCUT2D eigenvalue weighted by atomic mass is 32.2. The third-order valence-electron chi connectivity index (χ3n) is 3.56. The molecule has 0 spiro atoms. The Morgan fingerprint density at radius 2 is 2.05 bits per heavy atom. The maximum absolute atomic E-state index is 12.8. The highest BCUT2D eigenvalue weighted by Gasteiger charge is 2.35. The first kappa shape index (κ1) is 15.2. The second-order valence-corrected chi connectivity index (χ2v) is 6.78. The van der Waals surface area contributed by atoms with Crippen LogP contribution in [0.25, 0.3) is 0 Å². The zero-order valence-electron chi connectivity index (χ0n) is 11.8. The summed E-state index contributed by atoms with van der Waals surface area (Å²) in [5.74, 6) is 0.363. The van der Waals surface area contributed by atoms with E-state index in [9.17, 15) is 8.42 Å². The fourth-order valence-electron chi connectivity index (χ4n) is 2.46. The van der Waals surface area contributed by atoms with Crippen molar-refractivity contribution in [2.75, 3.05) is 40.3 Å². The number of nitrogens with zero attached hydrogens (tertiary/aromatic N) is 2. The van der Waals surface area contributed by atoms with Crippen molar-refractivity contribution in [1.82, 2.24) is 9.21 Å². The van der Waals surface area contributed by atoms with E-state index in [-0.39, 0.29) is 10.9 Å². The molecule has 1 atom stereocenters. The lowest BCUT2D eigenvalue weighted by molar-refractivity contribution is 0.163. The number of hydrogen-bond acceptors (Lipinski definition) is 5. The summed E-state index contributed by atoms with van der Waals surface area (Å²) in [5, 5.41) is 0. The van der Waals surface area contributed by atoms with E-state index in [0.717, 1.165) is 0 Å². The van der Waals surface area contributed by atoms with Crippen LogP contribution in [0.4, 0.5) is 0 Å². The molecule has 0 saturated carbocycles. The predicted molar refractivity (Wildman–Crippen MR) is 77.2 cm³/mol. The van der Waals surface area contributed by atoms with Crippen LogP contribution in [0.5, 0.6) is 5.75 Å². The molecular weight excluding hydrogens is 278 g/mol. The van der Waals surface area contributed by atoms with Gasteiger partial charge in [-0.1, -0.05) is 12.1 Å². The molecule has 0 bridgehead atoms. The summed E-state index contributed by atoms with van der Waals surface area (Å²) in [5.41, 5.74) is 5.74. The highest BCUT2D eigenvalue weighted by molar-refractivity contribution is 7.89. The van der Waals surface area contributed by atoms with E-state index in [1.807, 2.05) is 7.05 Å². The second kappa shape index (κ2) is 6.09. The standard InChI is InChI=1S/C13H21N3O3S/c1-15-7-8-16(11(9-14)10-15)20(17,18)13-6-4-3-5-12(13)19-2/h3-6,11H,7-10,14H2,1-2H3. The minimum Gasteiger partial charge on any atom is -0.495 e. The van der Waals surface area contributed by atoms with Crippen molar-refractivity contribution in [1.29, 1.82) is 0 Å². The van der Waals surface area contributed by atoms with Crippen LogP contribution >= 0.6 is 0 Å². The third-order valence-corrected chi connectivity index (χ3v) is 5.55. The van der Waals surface area contributed by atoms with Gasteiger partial charge in [0.15, 0.2) is 0 Å². The molecule has 2 rings (SSSR count). The number of nitrogens with two attached hydrogens (primary N) is 1. The van der Waals surface area contributed by atoms with Crippen LogP contribution in [0.2, 0.25) is 0 Å². The molecule has 1 fully saturated rings. The van der Waals surface area contributed by atoms with Crippen LogP contribution in [0.1, 0.15) is 0 Å². The lowest BCUT2D eigenvalue weighted by Crippen LogP contribution is -2.56. The van der Waals surface area contributed by atoms with Crippen molar-refractivity contribution in [2.45, 2.75) is 10.9 Å². The van der Waals surface area contributed by atoms with Crippen molar-refractivity contribution in [3.05, 3.63) is 24.3 Å². The molecule has 1 heterocycles. The molecule has 2 N–H and O–H groups in total. The monoisotopic (exact) mass is 299 g/mol. The Balaban J connectivity index is 2.38. The summed E-state index contributed by atoms with van der Waals surface area (Å²) < 4.78 is 32.3. The van der Waals surface area contributed by atoms with Gasteiger partial charge in [0.05, 0.1) is 13.2 Å². The van der Waals surface area contributed by atoms with Crippen LogP contribution in [0.15, 0.2) is 29.2 Å². The van der Waals surface area contributed by atoms with Gasteiger partial charge in [-0.05, 0) is 19.2 Å². The van der Waals surface area contributed by atoms with Gasteiger partial charge in [-0.15, -0.1) is 0 Å². The average Bonchev–Trinajstić information content (AvgIpc) is 2.46. The quantitative estimate of drug-likeness (QED) is 0.844. The smallest absolute Gasteiger partial charge is 0.247 e. The van der Waals surface area contributed by atoms with Gasteiger partial charge in [-0.2, -0.15) is 4.31 Å². The fraction of sp³-hybridized carbons (Fsp3) is 0.538. The lowest BCUT2D eigenvalue weighted by Gasteiger charge is -2.38. The summed E-state index contributed by atoms with van der Waals surface area (Å²) in [6.07, 6.45) is 0. The third kappa shape index (κ3) is 2.80. The SMILES string of the molecule is COc1ccccc1S(=O)(=O)N1CCN(C)CC1CN. The van der Waals surface area contributed by atoms with Crippen molar-refractivity contribution < 1.29 is 13.2 Å². The molecule has 20 heavy (non-hydrogen) atoms. The van der Waals surface area contributed by atoms with Crippen molar-refractivity contribution in [3.8, 4) is 5.75 Å². The van der Waals surface area contributed by atoms with Crippen LogP contribution < -0.4 is 10.5 Å². The highest BCUT2D eigenvalue weighted by Crippen LogP contribution is 2.28. The fourth-order valence-corrected chi connectivity index (χ4v) is 4.24. The summed E-state index contributed by atoms with van der Waals surface area (Å²) in [6.45, 7) is 2.09. The maximum atomic E-state index is 12.8. The first-order valence-electron chi connectivity index (χ1n) is 6.54. The number of ether oxygens (including phenoxy) is 1. The Labute approximate surface area is 120 Å². The van der Waals surface area contributed by atoms with Crippen LogP contribution in [-0.2, 0) is 10.0 Å². The van der Waals surface area contributed by atoms with Crippen molar-refractivity contribution >= 4 is 10.0 Å². The van der Waals surface area contributed by atoms with Gasteiger partial charge in [0.2, 0.25) is 10.0 Å². The summed E-state index contributed by atoms with van der Waals surface area (Å²) >= 11 is 0. The summed E-state index contributed by atoms with van der Waals surface area (Å²) in [6, 6.07) is 6.47. The first-order valence-corrected chi connectivity index (χ1v) is 7.98. The minimum absolute atomic E-state index is 0.200. The lowest BCUT2D eigenvalue weighted by atomic mass is 10.2. The zero-order valence-corrected chi connectivity index (χ0v) is 12.6. The van der Waals surface area contributed by atoms with E-state index >= 15 is 0 Å². The number of rotatable bonds is 4. The molecule has 1 aromatic carbocycles. The molecule has 1 saturated heterocycles. The Bertz CT molecular complexity index is 562. The molecule has 0 aliphatic carbocycles. The van der Waals surface area contributed by atoms with E-state index in [1.165, 1.54) is 11.4 Å². The van der Waals surface area contributed by atoms with Gasteiger partial charge < -0.3 is 15.4 Å². The van der Waals surface area contributed by atoms with E-state index in [0.29, 0.717) is 31.9 Å². The molecule has 1 aliphatic heterocycles. The second-order valence-electron chi connectivity index (χ2n) is 4.92. The largest absolute Gasteiger partial charge is 0.495 e. The maximum Gasteiger partial charge on any atom is 0.247 e. The molecule has 1 aromatic rings. The molecule has 6 nitrogen and oxygen atoms in total. The van der Waals surface area contributed by atoms with E-state index < -0.39 is 10.0 Å². The number of piperazine rings is 1. The Morgan fingerprint density at radius 1 is 1.35 bits per heavy atom. The number of sulfonamides is 1. The minimum atomic E-state index is -3.59. The Kier molecular flexibility index (Phi) is 4.64. The molecule has 7 heteroatoms. The van der Waals surface area contributed by atoms with E-state index in [1.54, 1.807) is 24.3 Å². The molecule has 0 amide bonds. The van der Waals surface area contributed by atoms with Gasteiger partial charge in [-0.25, -0.2) is 8.42 Å². The molecule has 112 valence electrons. The zero-order chi connectivity index (χ0) is 14.8. The molecule has 0 aromatic heterocycles. The Hall–Kier alpha value is -1.15. The number of likely N-dealkylation sites (N-methyl/N-ethyl adjacent to an activating group) is 1. The summed E-state index contributed by atoms with van der Waals surface area (Å²) in [4.78, 5) is 2.29. The van der Waals surface area contributed by atoms with Crippen molar-refractivity contribution in [3.63, 3.8) is 0 Å². The molecule has 1 unspecified atom stereocenters. The van der Waals surface area contributed by atoms with Gasteiger partial charge in [0, 0.05) is 26.2 Å². The normalized spacial score (nSPS) is 21.9. The number of methoxy groups -OCH3 is 1. The van der Waals surface area contributed by atoms with Crippen LogP contribution in [0.3, 0.4) is 0 Å². The van der Waals surface area contributed by atoms with Gasteiger partial charge >= 0.3 is 0 Å². The predicted octanol–water partition coefficient (Wildman–Crippen LogP) is -0.0414. The molecule has 1 aliphatic rings. The van der Waals surface area contributed by atoms with Crippen molar-refractivity contribution in [2.24, 2.45) is 5.73 Å². The number of para-hydroxylation sites is 1. The molecular formula is C13H21N3O3S. The van der Waals surface area contributed by atoms with Crippen LogP contribution in [-0.4, -0.2) is 64.0 Å².